The number of fused-ring (bicyclic) bond motifs is 1. The maximum atomic E-state index is 11.5. The number of hydrogen-bond donors (Lipinski definition) is 0. The molecule has 0 bridgehead atoms. The Morgan fingerprint density at radius 1 is 1.67 bits per heavy atom. The summed E-state index contributed by atoms with van der Waals surface area (Å²) < 4.78 is 7.46. The van der Waals surface area contributed by atoms with Gasteiger partial charge in [0.05, 0.1) is 17.3 Å². The molecule has 0 unspecified atom stereocenters. The van der Waals surface area contributed by atoms with E-state index in [0.29, 0.717) is 17.9 Å². The van der Waals surface area contributed by atoms with Crippen LogP contribution < -0.4 is 0 Å². The monoisotopic (exact) mass is 268 g/mol. The first-order valence-electron chi connectivity index (χ1n) is 4.52. The molecule has 2 heterocycles. The highest BCUT2D eigenvalue weighted by atomic mass is 79.9. The Balaban J connectivity index is 2.54. The molecule has 0 spiro atoms. The Hall–Kier alpha value is -1.36. The number of ether oxygens (including phenoxy) is 1. The van der Waals surface area contributed by atoms with Gasteiger partial charge in [0.15, 0.2) is 11.3 Å². The standard InChI is InChI=1S/C10H9BrN2O2/c1-2-15-10(14)8-6-12-9-7(11)4-3-5-13(8)9/h3-6H,2H2,1H3. The molecule has 0 atom stereocenters. The predicted octanol–water partition coefficient (Wildman–Crippen LogP) is 2.27. The lowest BCUT2D eigenvalue weighted by Crippen LogP contribution is -2.07. The van der Waals surface area contributed by atoms with E-state index in [4.69, 9.17) is 4.74 Å². The van der Waals surface area contributed by atoms with Gasteiger partial charge < -0.3 is 4.74 Å². The Morgan fingerprint density at radius 2 is 2.47 bits per heavy atom. The lowest BCUT2D eigenvalue weighted by Gasteiger charge is -2.01. The molecule has 0 radical (unpaired) electrons. The molecule has 0 aliphatic carbocycles. The van der Waals surface area contributed by atoms with E-state index in [9.17, 15) is 4.79 Å². The number of imidazole rings is 1. The second-order valence-electron chi connectivity index (χ2n) is 2.91. The maximum Gasteiger partial charge on any atom is 0.356 e. The van der Waals surface area contributed by atoms with Crippen LogP contribution in [-0.2, 0) is 4.74 Å². The maximum absolute atomic E-state index is 11.5. The number of rotatable bonds is 2. The molecule has 2 aromatic heterocycles. The summed E-state index contributed by atoms with van der Waals surface area (Å²) in [6, 6.07) is 3.71. The van der Waals surface area contributed by atoms with Gasteiger partial charge in [0.2, 0.25) is 0 Å². The molecule has 0 aliphatic rings. The lowest BCUT2D eigenvalue weighted by atomic mass is 10.4. The summed E-state index contributed by atoms with van der Waals surface area (Å²) in [5, 5.41) is 0. The quantitative estimate of drug-likeness (QED) is 0.785. The minimum absolute atomic E-state index is 0.358. The van der Waals surface area contributed by atoms with E-state index in [1.807, 2.05) is 12.1 Å². The molecule has 5 heteroatoms. The van der Waals surface area contributed by atoms with Crippen LogP contribution in [0.4, 0.5) is 0 Å². The van der Waals surface area contributed by atoms with Gasteiger partial charge in [0.25, 0.3) is 0 Å². The Kier molecular flexibility index (Phi) is 2.73. The van der Waals surface area contributed by atoms with Gasteiger partial charge in [0.1, 0.15) is 0 Å². The highest BCUT2D eigenvalue weighted by molar-refractivity contribution is 9.10. The summed E-state index contributed by atoms with van der Waals surface area (Å²) in [7, 11) is 0. The number of halogens is 1. The third-order valence-electron chi connectivity index (χ3n) is 1.97. The van der Waals surface area contributed by atoms with Crippen LogP contribution in [0.5, 0.6) is 0 Å². The third-order valence-corrected chi connectivity index (χ3v) is 2.59. The molecule has 0 saturated carbocycles. The van der Waals surface area contributed by atoms with Gasteiger partial charge in [-0.3, -0.25) is 4.40 Å². The average molecular weight is 269 g/mol. The van der Waals surface area contributed by atoms with Gasteiger partial charge >= 0.3 is 5.97 Å². The minimum Gasteiger partial charge on any atom is -0.461 e. The average Bonchev–Trinajstić information content (AvgIpc) is 2.63. The summed E-state index contributed by atoms with van der Waals surface area (Å²) >= 11 is 3.36. The molecule has 0 N–H and O–H groups in total. The molecule has 0 amide bonds. The van der Waals surface area contributed by atoms with E-state index in [1.54, 1.807) is 17.5 Å². The zero-order valence-electron chi connectivity index (χ0n) is 8.11. The number of carbonyl (C=O) groups is 1. The Labute approximate surface area is 95.0 Å². The van der Waals surface area contributed by atoms with E-state index in [0.717, 1.165) is 4.47 Å². The summed E-state index contributed by atoms with van der Waals surface area (Å²) in [5.41, 5.74) is 1.15. The van der Waals surface area contributed by atoms with Crippen molar-refractivity contribution >= 4 is 27.5 Å². The van der Waals surface area contributed by atoms with E-state index in [1.165, 1.54) is 6.20 Å². The van der Waals surface area contributed by atoms with Gasteiger partial charge in [-0.1, -0.05) is 0 Å². The fourth-order valence-corrected chi connectivity index (χ4v) is 1.78. The fraction of sp³-hybridized carbons (Fsp3) is 0.200. The molecule has 0 fully saturated rings. The number of aromatic nitrogens is 2. The number of hydrogen-bond acceptors (Lipinski definition) is 3. The van der Waals surface area contributed by atoms with Crippen molar-refractivity contribution in [2.75, 3.05) is 6.61 Å². The second-order valence-corrected chi connectivity index (χ2v) is 3.77. The summed E-state index contributed by atoms with van der Waals surface area (Å²) in [6.45, 7) is 2.14. The molecule has 2 aromatic rings. The van der Waals surface area contributed by atoms with Crippen LogP contribution in [0.3, 0.4) is 0 Å². The molecule has 0 saturated heterocycles. The van der Waals surface area contributed by atoms with Crippen molar-refractivity contribution in [2.45, 2.75) is 6.92 Å². The smallest absolute Gasteiger partial charge is 0.356 e. The van der Waals surface area contributed by atoms with Gasteiger partial charge in [-0.2, -0.15) is 0 Å². The summed E-state index contributed by atoms with van der Waals surface area (Å²) in [6.07, 6.45) is 3.29. The number of carbonyl (C=O) groups excluding carboxylic acids is 1. The molecule has 15 heavy (non-hydrogen) atoms. The van der Waals surface area contributed by atoms with Crippen molar-refractivity contribution in [1.82, 2.24) is 9.38 Å². The molecule has 0 aliphatic heterocycles. The van der Waals surface area contributed by atoms with Crippen molar-refractivity contribution in [3.8, 4) is 0 Å². The number of pyridine rings is 1. The fourth-order valence-electron chi connectivity index (χ4n) is 1.33. The minimum atomic E-state index is -0.358. The van der Waals surface area contributed by atoms with Crippen molar-refractivity contribution in [1.29, 1.82) is 0 Å². The van der Waals surface area contributed by atoms with E-state index < -0.39 is 0 Å². The first kappa shape index (κ1) is 10.2. The summed E-state index contributed by atoms with van der Waals surface area (Å²) in [5.74, 6) is -0.358. The SMILES string of the molecule is CCOC(=O)c1cnc2c(Br)cccn12. The van der Waals surface area contributed by atoms with Crippen LogP contribution in [-0.4, -0.2) is 22.0 Å². The van der Waals surface area contributed by atoms with Crippen LogP contribution in [0.2, 0.25) is 0 Å². The first-order valence-corrected chi connectivity index (χ1v) is 5.32. The normalized spacial score (nSPS) is 10.5. The van der Waals surface area contributed by atoms with Crippen LogP contribution in [0.25, 0.3) is 5.65 Å². The van der Waals surface area contributed by atoms with E-state index in [-0.39, 0.29) is 5.97 Å². The largest absolute Gasteiger partial charge is 0.461 e. The molecule has 0 aromatic carbocycles. The zero-order valence-corrected chi connectivity index (χ0v) is 9.69. The van der Waals surface area contributed by atoms with Crippen LogP contribution in [0.1, 0.15) is 17.4 Å². The predicted molar refractivity (Wildman–Crippen MR) is 58.8 cm³/mol. The Morgan fingerprint density at radius 3 is 3.20 bits per heavy atom. The zero-order chi connectivity index (χ0) is 10.8. The third kappa shape index (κ3) is 1.74. The highest BCUT2D eigenvalue weighted by Gasteiger charge is 2.13. The number of esters is 1. The summed E-state index contributed by atoms with van der Waals surface area (Å²) in [4.78, 5) is 15.7. The van der Waals surface area contributed by atoms with Gasteiger partial charge in [0, 0.05) is 6.20 Å². The van der Waals surface area contributed by atoms with E-state index >= 15 is 0 Å². The van der Waals surface area contributed by atoms with Crippen LogP contribution >= 0.6 is 15.9 Å². The van der Waals surface area contributed by atoms with Crippen molar-refractivity contribution < 1.29 is 9.53 Å². The molecule has 2 rings (SSSR count). The Bertz CT molecular complexity index is 507. The first-order chi connectivity index (χ1) is 7.24. The molecular weight excluding hydrogens is 260 g/mol. The molecule has 4 nitrogen and oxygen atoms in total. The van der Waals surface area contributed by atoms with E-state index in [2.05, 4.69) is 20.9 Å². The molecular formula is C10H9BrN2O2. The van der Waals surface area contributed by atoms with Gasteiger partial charge in [-0.05, 0) is 35.0 Å². The van der Waals surface area contributed by atoms with Gasteiger partial charge in [-0.25, -0.2) is 9.78 Å². The van der Waals surface area contributed by atoms with Crippen molar-refractivity contribution in [2.24, 2.45) is 0 Å². The number of nitrogens with zero attached hydrogens (tertiary/aromatic N) is 2. The van der Waals surface area contributed by atoms with Crippen LogP contribution in [0, 0.1) is 0 Å². The second kappa shape index (κ2) is 4.02. The van der Waals surface area contributed by atoms with Crippen LogP contribution in [0.15, 0.2) is 29.0 Å². The van der Waals surface area contributed by atoms with Crippen molar-refractivity contribution in [3.63, 3.8) is 0 Å². The highest BCUT2D eigenvalue weighted by Crippen LogP contribution is 2.17. The van der Waals surface area contributed by atoms with Crippen molar-refractivity contribution in [3.05, 3.63) is 34.7 Å². The topological polar surface area (TPSA) is 43.6 Å². The molecule has 78 valence electrons. The lowest BCUT2D eigenvalue weighted by molar-refractivity contribution is 0.0518. The van der Waals surface area contributed by atoms with Gasteiger partial charge in [-0.15, -0.1) is 0 Å².